The fourth-order valence-electron chi connectivity index (χ4n) is 3.66. The molecular formula is C24H26N4OS. The summed E-state index contributed by atoms with van der Waals surface area (Å²) in [6.45, 7) is 10.2. The Morgan fingerprint density at radius 1 is 1.10 bits per heavy atom. The quantitative estimate of drug-likeness (QED) is 0.432. The van der Waals surface area contributed by atoms with Gasteiger partial charge in [0.1, 0.15) is 4.88 Å². The van der Waals surface area contributed by atoms with E-state index in [0.29, 0.717) is 4.88 Å². The molecule has 4 rings (SSSR count). The summed E-state index contributed by atoms with van der Waals surface area (Å²) < 4.78 is 2.00. The second kappa shape index (κ2) is 8.32. The van der Waals surface area contributed by atoms with Crippen LogP contribution in [0.5, 0.6) is 0 Å². The Morgan fingerprint density at radius 2 is 1.83 bits per heavy atom. The molecule has 0 unspecified atom stereocenters. The monoisotopic (exact) mass is 418 g/mol. The number of nitrogens with one attached hydrogen (secondary N) is 1. The van der Waals surface area contributed by atoms with Gasteiger partial charge in [0.15, 0.2) is 4.96 Å². The van der Waals surface area contributed by atoms with Crippen LogP contribution in [0.15, 0.2) is 54.7 Å². The lowest BCUT2D eigenvalue weighted by Gasteiger charge is -2.22. The number of carbonyl (C=O) groups is 1. The number of aryl methyl sites for hydroxylation is 2. The number of amides is 1. The number of carbonyl (C=O) groups excluding carboxylic acids is 1. The molecule has 0 aliphatic heterocycles. The van der Waals surface area contributed by atoms with E-state index >= 15 is 0 Å². The zero-order chi connectivity index (χ0) is 21.3. The molecule has 1 amide bonds. The van der Waals surface area contributed by atoms with Gasteiger partial charge in [-0.15, -0.1) is 0 Å². The van der Waals surface area contributed by atoms with Crippen molar-refractivity contribution in [2.75, 3.05) is 23.3 Å². The first-order valence-corrected chi connectivity index (χ1v) is 11.0. The summed E-state index contributed by atoms with van der Waals surface area (Å²) in [4.78, 5) is 21.5. The minimum absolute atomic E-state index is 0.0945. The summed E-state index contributed by atoms with van der Waals surface area (Å²) in [5.74, 6) is -0.0945. The van der Waals surface area contributed by atoms with Crippen molar-refractivity contribution in [1.29, 1.82) is 0 Å². The number of fused-ring (bicyclic) bond motifs is 1. The molecule has 1 N–H and O–H groups in total. The van der Waals surface area contributed by atoms with Crippen molar-refractivity contribution in [2.24, 2.45) is 0 Å². The topological polar surface area (TPSA) is 49.6 Å². The van der Waals surface area contributed by atoms with Gasteiger partial charge < -0.3 is 10.2 Å². The van der Waals surface area contributed by atoms with E-state index in [1.807, 2.05) is 60.8 Å². The molecule has 30 heavy (non-hydrogen) atoms. The van der Waals surface area contributed by atoms with E-state index in [-0.39, 0.29) is 5.91 Å². The van der Waals surface area contributed by atoms with Gasteiger partial charge in [-0.2, -0.15) is 0 Å². The summed E-state index contributed by atoms with van der Waals surface area (Å²) in [6.07, 6.45) is 2.00. The minimum Gasteiger partial charge on any atom is -0.372 e. The van der Waals surface area contributed by atoms with Crippen LogP contribution in [0.2, 0.25) is 0 Å². The van der Waals surface area contributed by atoms with E-state index in [1.165, 1.54) is 17.0 Å². The summed E-state index contributed by atoms with van der Waals surface area (Å²) in [7, 11) is 0. The highest BCUT2D eigenvalue weighted by Gasteiger charge is 2.19. The van der Waals surface area contributed by atoms with Crippen LogP contribution >= 0.6 is 11.3 Å². The molecule has 0 saturated heterocycles. The molecule has 0 fully saturated rings. The van der Waals surface area contributed by atoms with Gasteiger partial charge in [-0.25, -0.2) is 4.98 Å². The molecule has 0 aliphatic carbocycles. The molecule has 0 radical (unpaired) electrons. The fraction of sp³-hybridized carbons (Fsp3) is 0.250. The standard InChI is InChI=1S/C24H26N4OS/c1-5-27(6-2)19-12-13-20(16(3)14-19)25-23(29)22-17(4)28-15-21(26-24(28)30-22)18-10-8-7-9-11-18/h7-15H,5-6H2,1-4H3,(H,25,29). The van der Waals surface area contributed by atoms with Crippen molar-refractivity contribution in [2.45, 2.75) is 27.7 Å². The molecule has 0 aliphatic rings. The predicted octanol–water partition coefficient (Wildman–Crippen LogP) is 5.78. The Kier molecular flexibility index (Phi) is 5.59. The lowest BCUT2D eigenvalue weighted by Crippen LogP contribution is -2.22. The smallest absolute Gasteiger partial charge is 0.267 e. The van der Waals surface area contributed by atoms with Crippen LogP contribution in [-0.2, 0) is 0 Å². The number of thiazole rings is 1. The lowest BCUT2D eigenvalue weighted by molar-refractivity contribution is 0.102. The third kappa shape index (κ3) is 3.71. The molecule has 2 aromatic heterocycles. The molecule has 6 heteroatoms. The van der Waals surface area contributed by atoms with Crippen molar-refractivity contribution < 1.29 is 4.79 Å². The van der Waals surface area contributed by atoms with Crippen LogP contribution in [0.3, 0.4) is 0 Å². The van der Waals surface area contributed by atoms with Crippen molar-refractivity contribution in [3.63, 3.8) is 0 Å². The Balaban J connectivity index is 1.58. The van der Waals surface area contributed by atoms with Crippen LogP contribution in [-0.4, -0.2) is 28.4 Å². The second-order valence-electron chi connectivity index (χ2n) is 7.29. The van der Waals surface area contributed by atoms with Crippen LogP contribution in [0.4, 0.5) is 11.4 Å². The highest BCUT2D eigenvalue weighted by Crippen LogP contribution is 2.29. The Hall–Kier alpha value is -3.12. The first-order valence-electron chi connectivity index (χ1n) is 10.2. The van der Waals surface area contributed by atoms with Gasteiger partial charge >= 0.3 is 0 Å². The number of rotatable bonds is 6. The van der Waals surface area contributed by atoms with Gasteiger partial charge in [0.05, 0.1) is 5.69 Å². The predicted molar refractivity (Wildman–Crippen MR) is 126 cm³/mol. The van der Waals surface area contributed by atoms with Crippen molar-refractivity contribution in [1.82, 2.24) is 9.38 Å². The number of aromatic nitrogens is 2. The number of hydrogen-bond donors (Lipinski definition) is 1. The van der Waals surface area contributed by atoms with Crippen LogP contribution in [0.1, 0.15) is 34.8 Å². The van der Waals surface area contributed by atoms with Gasteiger partial charge in [0.2, 0.25) is 0 Å². The van der Waals surface area contributed by atoms with Crippen molar-refractivity contribution in [3.05, 3.63) is 70.9 Å². The summed E-state index contributed by atoms with van der Waals surface area (Å²) in [5.41, 5.74) is 5.96. The molecule has 0 spiro atoms. The number of imidazole rings is 1. The average molecular weight is 419 g/mol. The molecule has 0 atom stereocenters. The Bertz CT molecular complexity index is 1190. The van der Waals surface area contributed by atoms with E-state index in [1.54, 1.807) is 0 Å². The van der Waals surface area contributed by atoms with E-state index in [4.69, 9.17) is 4.98 Å². The van der Waals surface area contributed by atoms with Crippen molar-refractivity contribution in [3.8, 4) is 11.3 Å². The first-order chi connectivity index (χ1) is 14.5. The van der Waals surface area contributed by atoms with Gasteiger partial charge in [-0.05, 0) is 51.5 Å². The third-order valence-corrected chi connectivity index (χ3v) is 6.57. The van der Waals surface area contributed by atoms with E-state index < -0.39 is 0 Å². The minimum atomic E-state index is -0.0945. The van der Waals surface area contributed by atoms with Gasteiger partial charge in [0.25, 0.3) is 5.91 Å². The Labute approximate surface area is 181 Å². The number of hydrogen-bond acceptors (Lipinski definition) is 4. The highest BCUT2D eigenvalue weighted by molar-refractivity contribution is 7.19. The lowest BCUT2D eigenvalue weighted by atomic mass is 10.1. The molecular weight excluding hydrogens is 392 g/mol. The van der Waals surface area contributed by atoms with Crippen LogP contribution in [0, 0.1) is 13.8 Å². The second-order valence-corrected chi connectivity index (χ2v) is 8.26. The van der Waals surface area contributed by atoms with Crippen LogP contribution in [0.25, 0.3) is 16.2 Å². The van der Waals surface area contributed by atoms with Gasteiger partial charge in [-0.1, -0.05) is 41.7 Å². The van der Waals surface area contributed by atoms with Crippen LogP contribution < -0.4 is 10.2 Å². The largest absolute Gasteiger partial charge is 0.372 e. The first kappa shape index (κ1) is 20.2. The number of anilines is 2. The third-order valence-electron chi connectivity index (χ3n) is 5.42. The summed E-state index contributed by atoms with van der Waals surface area (Å²) >= 11 is 1.42. The number of nitrogens with zero attached hydrogens (tertiary/aromatic N) is 3. The maximum absolute atomic E-state index is 13.0. The molecule has 5 nitrogen and oxygen atoms in total. The van der Waals surface area contributed by atoms with E-state index in [0.717, 1.165) is 46.3 Å². The van der Waals surface area contributed by atoms with Crippen molar-refractivity contribution >= 4 is 33.6 Å². The summed E-state index contributed by atoms with van der Waals surface area (Å²) in [6, 6.07) is 16.3. The van der Waals surface area contributed by atoms with Gasteiger partial charge in [-0.3, -0.25) is 9.20 Å². The molecule has 154 valence electrons. The molecule has 2 aromatic carbocycles. The normalized spacial score (nSPS) is 11.1. The molecule has 0 saturated carbocycles. The number of benzene rings is 2. The zero-order valence-electron chi connectivity index (χ0n) is 17.8. The Morgan fingerprint density at radius 3 is 2.47 bits per heavy atom. The average Bonchev–Trinajstić information content (AvgIpc) is 3.31. The molecule has 4 aromatic rings. The zero-order valence-corrected chi connectivity index (χ0v) is 18.6. The van der Waals surface area contributed by atoms with E-state index in [2.05, 4.69) is 36.2 Å². The molecule has 0 bridgehead atoms. The highest BCUT2D eigenvalue weighted by atomic mass is 32.1. The van der Waals surface area contributed by atoms with Gasteiger partial charge in [0, 0.05) is 41.9 Å². The maximum Gasteiger partial charge on any atom is 0.267 e. The SMILES string of the molecule is CCN(CC)c1ccc(NC(=O)c2sc3nc(-c4ccccc4)cn3c2C)c(C)c1. The fourth-order valence-corrected chi connectivity index (χ4v) is 4.67. The molecule has 2 heterocycles. The maximum atomic E-state index is 13.0. The van der Waals surface area contributed by atoms with E-state index in [9.17, 15) is 4.79 Å². The summed E-state index contributed by atoms with van der Waals surface area (Å²) in [5, 5.41) is 3.08.